The first-order chi connectivity index (χ1) is 7.67. The molecular weight excluding hydrogens is 248 g/mol. The molecule has 1 heterocycles. The summed E-state index contributed by atoms with van der Waals surface area (Å²) in [5, 5.41) is 18.4. The standard InChI is InChI=1S/C9H18N2O5S/c1-6(2)10(3)17(15,16)11-5-7(12)4-8(11)9(13)14/h6-8,12H,4-5H2,1-3H3,(H,13,14). The highest BCUT2D eigenvalue weighted by Gasteiger charge is 2.44. The smallest absolute Gasteiger partial charge is 0.322 e. The van der Waals surface area contributed by atoms with Gasteiger partial charge in [0.25, 0.3) is 10.2 Å². The van der Waals surface area contributed by atoms with Crippen molar-refractivity contribution in [2.45, 2.75) is 38.5 Å². The third kappa shape index (κ3) is 2.76. The van der Waals surface area contributed by atoms with Gasteiger partial charge in [-0.2, -0.15) is 17.0 Å². The van der Waals surface area contributed by atoms with E-state index in [1.54, 1.807) is 13.8 Å². The van der Waals surface area contributed by atoms with Crippen molar-refractivity contribution in [1.82, 2.24) is 8.61 Å². The summed E-state index contributed by atoms with van der Waals surface area (Å²) < 4.78 is 26.2. The van der Waals surface area contributed by atoms with E-state index in [2.05, 4.69) is 0 Å². The van der Waals surface area contributed by atoms with Crippen LogP contribution in [0, 0.1) is 0 Å². The Bertz CT molecular complexity index is 394. The molecule has 2 N–H and O–H groups in total. The molecule has 2 unspecified atom stereocenters. The zero-order valence-corrected chi connectivity index (χ0v) is 10.9. The molecule has 0 saturated carbocycles. The maximum absolute atomic E-state index is 12.1. The first-order valence-electron chi connectivity index (χ1n) is 5.33. The lowest BCUT2D eigenvalue weighted by Gasteiger charge is -2.28. The lowest BCUT2D eigenvalue weighted by Crippen LogP contribution is -2.49. The van der Waals surface area contributed by atoms with E-state index < -0.39 is 28.3 Å². The molecule has 0 amide bonds. The Morgan fingerprint density at radius 3 is 2.41 bits per heavy atom. The lowest BCUT2D eigenvalue weighted by atomic mass is 10.2. The molecule has 1 aliphatic rings. The van der Waals surface area contributed by atoms with Gasteiger partial charge in [-0.25, -0.2) is 0 Å². The van der Waals surface area contributed by atoms with Gasteiger partial charge in [-0.15, -0.1) is 0 Å². The van der Waals surface area contributed by atoms with Crippen LogP contribution in [-0.2, 0) is 15.0 Å². The van der Waals surface area contributed by atoms with E-state index >= 15 is 0 Å². The summed E-state index contributed by atoms with van der Waals surface area (Å²) in [5.74, 6) is -1.23. The van der Waals surface area contributed by atoms with Crippen LogP contribution in [0.1, 0.15) is 20.3 Å². The average molecular weight is 266 g/mol. The molecule has 17 heavy (non-hydrogen) atoms. The fraction of sp³-hybridized carbons (Fsp3) is 0.889. The van der Waals surface area contributed by atoms with E-state index in [-0.39, 0.29) is 19.0 Å². The largest absolute Gasteiger partial charge is 0.480 e. The van der Waals surface area contributed by atoms with E-state index in [0.717, 1.165) is 8.61 Å². The Labute approximate surface area is 101 Å². The molecule has 1 rings (SSSR count). The summed E-state index contributed by atoms with van der Waals surface area (Å²) in [5.41, 5.74) is 0. The third-order valence-electron chi connectivity index (χ3n) is 2.91. The number of aliphatic hydroxyl groups excluding tert-OH is 1. The third-order valence-corrected chi connectivity index (χ3v) is 5.05. The lowest BCUT2D eigenvalue weighted by molar-refractivity contribution is -0.140. The van der Waals surface area contributed by atoms with Crippen LogP contribution in [0.2, 0.25) is 0 Å². The number of aliphatic carboxylic acids is 1. The number of carboxylic acid groups (broad SMARTS) is 1. The van der Waals surface area contributed by atoms with Gasteiger partial charge in [-0.05, 0) is 13.8 Å². The van der Waals surface area contributed by atoms with E-state index in [9.17, 15) is 18.3 Å². The summed E-state index contributed by atoms with van der Waals surface area (Å²) in [6, 6.07) is -1.46. The number of rotatable bonds is 4. The number of nitrogens with zero attached hydrogens (tertiary/aromatic N) is 2. The first kappa shape index (κ1) is 14.4. The van der Waals surface area contributed by atoms with Crippen LogP contribution in [-0.4, -0.2) is 65.0 Å². The van der Waals surface area contributed by atoms with Gasteiger partial charge in [0, 0.05) is 26.1 Å². The zero-order chi connectivity index (χ0) is 13.4. The van der Waals surface area contributed by atoms with Gasteiger partial charge in [0.05, 0.1) is 6.10 Å². The van der Waals surface area contributed by atoms with Gasteiger partial charge >= 0.3 is 5.97 Å². The van der Waals surface area contributed by atoms with Crippen LogP contribution in [0.5, 0.6) is 0 Å². The molecule has 0 aromatic rings. The highest BCUT2D eigenvalue weighted by atomic mass is 32.2. The van der Waals surface area contributed by atoms with E-state index in [4.69, 9.17) is 5.11 Å². The van der Waals surface area contributed by atoms with Crippen molar-refractivity contribution in [3.8, 4) is 0 Å². The van der Waals surface area contributed by atoms with Crippen LogP contribution >= 0.6 is 0 Å². The van der Waals surface area contributed by atoms with Gasteiger partial charge in [-0.3, -0.25) is 4.79 Å². The van der Waals surface area contributed by atoms with Gasteiger partial charge in [0.1, 0.15) is 6.04 Å². The van der Waals surface area contributed by atoms with Crippen LogP contribution in [0.4, 0.5) is 0 Å². The average Bonchev–Trinajstić information content (AvgIpc) is 2.59. The van der Waals surface area contributed by atoms with Gasteiger partial charge in [-0.1, -0.05) is 0 Å². The number of β-amino-alcohol motifs (C(OH)–C–C–N with tert-alkyl or cyclic N) is 1. The molecule has 1 fully saturated rings. The van der Waals surface area contributed by atoms with Crippen molar-refractivity contribution in [2.24, 2.45) is 0 Å². The number of carboxylic acids is 1. The molecule has 2 atom stereocenters. The van der Waals surface area contributed by atoms with Crippen molar-refractivity contribution in [1.29, 1.82) is 0 Å². The molecule has 100 valence electrons. The molecule has 1 aliphatic heterocycles. The fourth-order valence-corrected chi connectivity index (χ4v) is 3.42. The molecule has 0 bridgehead atoms. The second-order valence-corrected chi connectivity index (χ2v) is 6.37. The summed E-state index contributed by atoms with van der Waals surface area (Å²) in [4.78, 5) is 11.0. The quantitative estimate of drug-likeness (QED) is 0.686. The minimum Gasteiger partial charge on any atom is -0.480 e. The van der Waals surface area contributed by atoms with Crippen molar-refractivity contribution in [3.63, 3.8) is 0 Å². The summed E-state index contributed by atoms with van der Waals surface area (Å²) in [6.07, 6.45) is -0.994. The molecule has 0 aromatic carbocycles. The van der Waals surface area contributed by atoms with Crippen LogP contribution < -0.4 is 0 Å². The number of aliphatic hydroxyl groups is 1. The highest BCUT2D eigenvalue weighted by molar-refractivity contribution is 7.86. The molecule has 8 heteroatoms. The predicted molar refractivity (Wildman–Crippen MR) is 60.6 cm³/mol. The second kappa shape index (κ2) is 4.89. The predicted octanol–water partition coefficient (Wildman–Crippen LogP) is -0.909. The Morgan fingerprint density at radius 1 is 1.47 bits per heavy atom. The number of hydrogen-bond acceptors (Lipinski definition) is 4. The van der Waals surface area contributed by atoms with Gasteiger partial charge in [0.15, 0.2) is 0 Å². The van der Waals surface area contributed by atoms with Crippen molar-refractivity contribution >= 4 is 16.2 Å². The first-order valence-corrected chi connectivity index (χ1v) is 6.73. The van der Waals surface area contributed by atoms with Crippen LogP contribution in [0.15, 0.2) is 0 Å². The van der Waals surface area contributed by atoms with Crippen LogP contribution in [0.25, 0.3) is 0 Å². The van der Waals surface area contributed by atoms with Crippen LogP contribution in [0.3, 0.4) is 0 Å². The van der Waals surface area contributed by atoms with Crippen molar-refractivity contribution in [3.05, 3.63) is 0 Å². The summed E-state index contributed by atoms with van der Waals surface area (Å²) in [7, 11) is -2.45. The molecule has 0 aromatic heterocycles. The number of carbonyl (C=O) groups is 1. The zero-order valence-electron chi connectivity index (χ0n) is 10.1. The molecule has 0 aliphatic carbocycles. The normalized spacial score (nSPS) is 26.9. The minimum atomic E-state index is -3.84. The molecule has 7 nitrogen and oxygen atoms in total. The molecule has 1 saturated heterocycles. The van der Waals surface area contributed by atoms with Gasteiger partial charge < -0.3 is 10.2 Å². The number of hydrogen-bond donors (Lipinski definition) is 2. The molecular formula is C9H18N2O5S. The topological polar surface area (TPSA) is 98.2 Å². The second-order valence-electron chi connectivity index (χ2n) is 4.43. The Hall–Kier alpha value is -0.700. The van der Waals surface area contributed by atoms with Crippen molar-refractivity contribution < 1.29 is 23.4 Å². The minimum absolute atomic E-state index is 0.0689. The van der Waals surface area contributed by atoms with E-state index in [0.29, 0.717) is 0 Å². The Kier molecular flexibility index (Phi) is 4.13. The summed E-state index contributed by atoms with van der Waals surface area (Å²) >= 11 is 0. The van der Waals surface area contributed by atoms with Crippen molar-refractivity contribution in [2.75, 3.05) is 13.6 Å². The Morgan fingerprint density at radius 2 is 2.00 bits per heavy atom. The monoisotopic (exact) mass is 266 g/mol. The maximum Gasteiger partial charge on any atom is 0.322 e. The highest BCUT2D eigenvalue weighted by Crippen LogP contribution is 2.24. The maximum atomic E-state index is 12.1. The molecule has 0 radical (unpaired) electrons. The summed E-state index contributed by atoms with van der Waals surface area (Å²) in [6.45, 7) is 3.22. The fourth-order valence-electron chi connectivity index (χ4n) is 1.70. The van der Waals surface area contributed by atoms with Gasteiger partial charge in [0.2, 0.25) is 0 Å². The van der Waals surface area contributed by atoms with E-state index in [1.807, 2.05) is 0 Å². The Balaban J connectivity index is 3.02. The molecule has 0 spiro atoms. The van der Waals surface area contributed by atoms with E-state index in [1.165, 1.54) is 7.05 Å². The SMILES string of the molecule is CC(C)N(C)S(=O)(=O)N1CC(O)CC1C(=O)O.